The minimum atomic E-state index is -1.19. The van der Waals surface area contributed by atoms with Gasteiger partial charge in [0.05, 0.1) is 7.85 Å². The van der Waals surface area contributed by atoms with Crippen LogP contribution in [0.5, 0.6) is 11.5 Å². The zero-order valence-electron chi connectivity index (χ0n) is 12.8. The van der Waals surface area contributed by atoms with Gasteiger partial charge in [0.15, 0.2) is 0 Å². The van der Waals surface area contributed by atoms with Crippen molar-refractivity contribution in [1.82, 2.24) is 0 Å². The van der Waals surface area contributed by atoms with Gasteiger partial charge < -0.3 is 9.47 Å². The Balaban J connectivity index is 3.06. The molecule has 0 bridgehead atoms. The summed E-state index contributed by atoms with van der Waals surface area (Å²) < 4.78 is 9.38. The summed E-state index contributed by atoms with van der Waals surface area (Å²) in [6, 6.07) is 4.06. The fourth-order valence-corrected chi connectivity index (χ4v) is 1.33. The number of esters is 2. The average molecular weight is 367 g/mol. The molecule has 1 rings (SSSR count). The first-order chi connectivity index (χ1) is 9.93. The van der Waals surface area contributed by atoms with E-state index in [0.717, 1.165) is 0 Å². The lowest BCUT2D eigenvalue weighted by Gasteiger charge is -2.18. The molecule has 0 N–H and O–H groups in total. The summed E-state index contributed by atoms with van der Waals surface area (Å²) in [6.45, 7) is 6.23. The van der Waals surface area contributed by atoms with E-state index in [1.165, 1.54) is 32.0 Å². The Labute approximate surface area is 138 Å². The van der Waals surface area contributed by atoms with Gasteiger partial charge in [0.1, 0.15) is 22.1 Å². The van der Waals surface area contributed by atoms with Gasteiger partial charge in [0, 0.05) is 16.9 Å². The van der Waals surface area contributed by atoms with Gasteiger partial charge in [-0.2, -0.15) is 0 Å². The Bertz CT molecular complexity index is 553. The number of ether oxygens (including phenoxy) is 2. The smallest absolute Gasteiger partial charge is 0.327 e. The molecule has 0 heterocycles. The Morgan fingerprint density at radius 1 is 1.05 bits per heavy atom. The third-order valence-corrected chi connectivity index (χ3v) is 2.79. The molecule has 116 valence electrons. The van der Waals surface area contributed by atoms with Gasteiger partial charge >= 0.3 is 11.9 Å². The summed E-state index contributed by atoms with van der Waals surface area (Å²) in [5, 5.41) is -1.19. The largest absolute Gasteiger partial charge is 0.427 e. The first-order valence-electron chi connectivity index (χ1n) is 6.46. The molecule has 0 saturated heterocycles. The van der Waals surface area contributed by atoms with Crippen molar-refractivity contribution in [3.63, 3.8) is 0 Å². The van der Waals surface area contributed by atoms with Crippen molar-refractivity contribution in [1.29, 1.82) is 0 Å². The van der Waals surface area contributed by atoms with Crippen molar-refractivity contribution >= 4 is 42.0 Å². The van der Waals surface area contributed by atoms with Gasteiger partial charge in [0.2, 0.25) is 0 Å². The van der Waals surface area contributed by atoms with Crippen LogP contribution in [0.15, 0.2) is 18.2 Å². The van der Waals surface area contributed by atoms with Crippen molar-refractivity contribution in [3.05, 3.63) is 23.8 Å². The van der Waals surface area contributed by atoms with E-state index in [2.05, 4.69) is 15.9 Å². The van der Waals surface area contributed by atoms with Crippen molar-refractivity contribution in [3.8, 4) is 11.5 Å². The number of aldehydes is 1. The Morgan fingerprint density at radius 2 is 1.50 bits per heavy atom. The topological polar surface area (TPSA) is 69.7 Å². The van der Waals surface area contributed by atoms with Crippen LogP contribution in [0.1, 0.15) is 38.1 Å². The summed E-state index contributed by atoms with van der Waals surface area (Å²) in [7, 11) is 5.64. The van der Waals surface area contributed by atoms with Crippen molar-refractivity contribution in [2.45, 2.75) is 37.3 Å². The van der Waals surface area contributed by atoms with Gasteiger partial charge in [-0.15, -0.1) is 0 Å². The summed E-state index contributed by atoms with van der Waals surface area (Å²) in [6.07, 6.45) is 0.557. The minimum Gasteiger partial charge on any atom is -0.427 e. The zero-order chi connectivity index (χ0) is 17.1. The molecule has 0 spiro atoms. The molecule has 0 atom stereocenters. The van der Waals surface area contributed by atoms with E-state index in [4.69, 9.17) is 17.3 Å². The minimum absolute atomic E-state index is 0.0725. The van der Waals surface area contributed by atoms with E-state index in [-0.39, 0.29) is 17.1 Å². The highest BCUT2D eigenvalue weighted by Crippen LogP contribution is 2.28. The second-order valence-electron chi connectivity index (χ2n) is 5.83. The number of carbonyl (C=O) groups excluding carboxylic acids is 3. The van der Waals surface area contributed by atoms with E-state index in [0.29, 0.717) is 6.29 Å². The molecule has 0 unspecified atom stereocenters. The molecule has 0 aliphatic heterocycles. The van der Waals surface area contributed by atoms with E-state index >= 15 is 0 Å². The molecule has 0 aliphatic carbocycles. The molecule has 0 amide bonds. The van der Waals surface area contributed by atoms with E-state index in [1.807, 2.05) is 0 Å². The first-order valence-corrected chi connectivity index (χ1v) is 7.25. The molecular weight excluding hydrogens is 351 g/mol. The Hall–Kier alpha value is -1.63. The number of hydrogen-bond acceptors (Lipinski definition) is 5. The third-order valence-electron chi connectivity index (χ3n) is 2.47. The lowest BCUT2D eigenvalue weighted by Crippen LogP contribution is -2.29. The van der Waals surface area contributed by atoms with Crippen molar-refractivity contribution in [2.24, 2.45) is 0 Å². The van der Waals surface area contributed by atoms with Crippen LogP contribution >= 0.6 is 15.9 Å². The van der Waals surface area contributed by atoms with Gasteiger partial charge in [-0.25, -0.2) is 0 Å². The third kappa shape index (κ3) is 5.29. The molecule has 5 nitrogen and oxygen atoms in total. The molecule has 22 heavy (non-hydrogen) atoms. The number of alkyl halides is 1. The fraction of sp³-hybridized carbons (Fsp3) is 0.400. The SMILES string of the molecule is [B]C(C)(C)C(=O)Oc1cc(C=O)cc(OC(=O)C(C)(C)Br)c1. The van der Waals surface area contributed by atoms with Crippen molar-refractivity contribution < 1.29 is 23.9 Å². The molecule has 0 fully saturated rings. The van der Waals surface area contributed by atoms with Crippen LogP contribution in [0.4, 0.5) is 0 Å². The molecule has 7 heteroatoms. The van der Waals surface area contributed by atoms with Gasteiger partial charge in [-0.3, -0.25) is 14.4 Å². The molecule has 1 aromatic carbocycles. The summed E-state index contributed by atoms with van der Waals surface area (Å²) in [5.41, 5.74) is 0.204. The lowest BCUT2D eigenvalue weighted by atomic mass is 9.73. The molecule has 2 radical (unpaired) electrons. The van der Waals surface area contributed by atoms with Crippen LogP contribution in [-0.2, 0) is 9.59 Å². The number of benzene rings is 1. The standard InChI is InChI=1S/C15H16BBrO5/c1-14(2,16)12(19)21-10-5-9(8-18)6-11(7-10)22-13(20)15(3,4)17/h5-8H,1-4H3. The van der Waals surface area contributed by atoms with E-state index in [9.17, 15) is 14.4 Å². The number of carbonyl (C=O) groups is 3. The molecule has 0 aliphatic rings. The molecule has 0 aromatic heterocycles. The van der Waals surface area contributed by atoms with Gasteiger partial charge in [0.25, 0.3) is 0 Å². The van der Waals surface area contributed by atoms with E-state index in [1.54, 1.807) is 13.8 Å². The summed E-state index contributed by atoms with van der Waals surface area (Å²) in [4.78, 5) is 34.6. The van der Waals surface area contributed by atoms with Crippen LogP contribution in [0, 0.1) is 0 Å². The van der Waals surface area contributed by atoms with Gasteiger partial charge in [-0.1, -0.05) is 29.8 Å². The lowest BCUT2D eigenvalue weighted by molar-refractivity contribution is -0.137. The zero-order valence-corrected chi connectivity index (χ0v) is 14.4. The van der Waals surface area contributed by atoms with Crippen LogP contribution in [-0.4, -0.2) is 30.4 Å². The molecule has 1 aromatic rings. The Kier molecular flexibility index (Phi) is 5.57. The maximum Gasteiger partial charge on any atom is 0.327 e. The molecule has 0 saturated carbocycles. The quantitative estimate of drug-likeness (QED) is 0.263. The second kappa shape index (κ2) is 6.65. The fourth-order valence-electron chi connectivity index (χ4n) is 1.25. The maximum absolute atomic E-state index is 11.8. The average Bonchev–Trinajstić information content (AvgIpc) is 2.36. The van der Waals surface area contributed by atoms with Crippen LogP contribution < -0.4 is 9.47 Å². The van der Waals surface area contributed by atoms with Crippen molar-refractivity contribution in [2.75, 3.05) is 0 Å². The van der Waals surface area contributed by atoms with Crippen LogP contribution in [0.3, 0.4) is 0 Å². The predicted octanol–water partition coefficient (Wildman–Crippen LogP) is 2.85. The highest BCUT2D eigenvalue weighted by atomic mass is 79.9. The predicted molar refractivity (Wildman–Crippen MR) is 85.9 cm³/mol. The maximum atomic E-state index is 11.8. The number of rotatable bonds is 5. The number of hydrogen-bond donors (Lipinski definition) is 0. The highest BCUT2D eigenvalue weighted by molar-refractivity contribution is 9.10. The van der Waals surface area contributed by atoms with E-state index < -0.39 is 21.6 Å². The summed E-state index contributed by atoms with van der Waals surface area (Å²) in [5.74, 6) is -1.05. The van der Waals surface area contributed by atoms with Gasteiger partial charge in [-0.05, 0) is 26.0 Å². The number of halogens is 1. The monoisotopic (exact) mass is 366 g/mol. The van der Waals surface area contributed by atoms with Crippen LogP contribution in [0.2, 0.25) is 5.31 Å². The van der Waals surface area contributed by atoms with Crippen LogP contribution in [0.25, 0.3) is 0 Å². The highest BCUT2D eigenvalue weighted by Gasteiger charge is 2.27. The second-order valence-corrected chi connectivity index (χ2v) is 7.81. The Morgan fingerprint density at radius 3 is 1.86 bits per heavy atom. The molecular formula is C15H16BBrO5. The summed E-state index contributed by atoms with van der Waals surface area (Å²) >= 11 is 3.18. The first kappa shape index (κ1) is 18.4. The normalized spacial score (nSPS) is 11.7.